The van der Waals surface area contributed by atoms with Crippen LogP contribution in [0.3, 0.4) is 0 Å². The van der Waals surface area contributed by atoms with Crippen molar-refractivity contribution in [3.05, 3.63) is 55.4 Å². The van der Waals surface area contributed by atoms with Gasteiger partial charge in [-0.25, -0.2) is 5.43 Å². The van der Waals surface area contributed by atoms with E-state index in [4.69, 9.17) is 16.3 Å². The van der Waals surface area contributed by atoms with E-state index in [2.05, 4.69) is 62.7 Å². The number of hydrogen-bond acceptors (Lipinski definition) is 9. The molecule has 1 fully saturated rings. The van der Waals surface area contributed by atoms with Crippen LogP contribution in [0.4, 0.5) is 23.5 Å². The van der Waals surface area contributed by atoms with Crippen molar-refractivity contribution in [3.8, 4) is 5.75 Å². The summed E-state index contributed by atoms with van der Waals surface area (Å²) in [6.45, 7) is 4.47. The molecule has 1 aromatic heterocycles. The molecular formula is C21H20Br2ClN7O2. The molecule has 3 N–H and O–H groups in total. The number of anilines is 4. The number of nitrogens with one attached hydrogen (secondary N) is 2. The summed E-state index contributed by atoms with van der Waals surface area (Å²) in [6.07, 6.45) is 1.48. The highest BCUT2D eigenvalue weighted by Gasteiger charge is 2.17. The van der Waals surface area contributed by atoms with E-state index < -0.39 is 0 Å². The van der Waals surface area contributed by atoms with E-state index in [9.17, 15) is 5.11 Å². The minimum absolute atomic E-state index is 0.0759. The molecule has 2 aromatic carbocycles. The van der Waals surface area contributed by atoms with Gasteiger partial charge in [0.05, 0.1) is 23.9 Å². The Morgan fingerprint density at radius 2 is 1.88 bits per heavy atom. The third-order valence-electron chi connectivity index (χ3n) is 4.77. The summed E-state index contributed by atoms with van der Waals surface area (Å²) in [5.41, 5.74) is 5.07. The molecule has 33 heavy (non-hydrogen) atoms. The van der Waals surface area contributed by atoms with Gasteiger partial charge in [0, 0.05) is 33.8 Å². The van der Waals surface area contributed by atoms with E-state index in [-0.39, 0.29) is 11.7 Å². The second kappa shape index (κ2) is 10.6. The molecule has 0 aliphatic carbocycles. The van der Waals surface area contributed by atoms with Gasteiger partial charge in [-0.15, -0.1) is 0 Å². The average molecular weight is 598 g/mol. The zero-order valence-corrected chi connectivity index (χ0v) is 21.4. The zero-order valence-electron chi connectivity index (χ0n) is 17.5. The van der Waals surface area contributed by atoms with Crippen LogP contribution in [-0.4, -0.2) is 52.6 Å². The summed E-state index contributed by atoms with van der Waals surface area (Å²) in [6, 6.07) is 9.12. The van der Waals surface area contributed by atoms with Gasteiger partial charge in [-0.3, -0.25) is 0 Å². The number of morpholine rings is 1. The third kappa shape index (κ3) is 6.11. The van der Waals surface area contributed by atoms with Crippen molar-refractivity contribution < 1.29 is 9.84 Å². The molecule has 1 aliphatic heterocycles. The standard InChI is InChI=1S/C21H20Br2ClN7O2/c1-12-2-3-15(10-17(12)24)26-19-27-20(29-21(28-19)31-4-6-33-7-5-31)30-25-11-13-8-14(22)9-16(23)18(13)32/h2-3,8-11,32H,4-7H2,1H3,(H2,26,27,28,29,30)/b25-11-. The molecule has 0 atom stereocenters. The first kappa shape index (κ1) is 23.7. The topological polar surface area (TPSA) is 108 Å². The molecule has 2 heterocycles. The van der Waals surface area contributed by atoms with Gasteiger partial charge in [0.2, 0.25) is 17.8 Å². The first-order valence-electron chi connectivity index (χ1n) is 9.98. The summed E-state index contributed by atoms with van der Waals surface area (Å²) in [7, 11) is 0. The highest BCUT2D eigenvalue weighted by Crippen LogP contribution is 2.30. The Morgan fingerprint density at radius 3 is 2.64 bits per heavy atom. The van der Waals surface area contributed by atoms with Crippen LogP contribution in [0.1, 0.15) is 11.1 Å². The minimum Gasteiger partial charge on any atom is -0.506 e. The van der Waals surface area contributed by atoms with Crippen LogP contribution >= 0.6 is 43.5 Å². The van der Waals surface area contributed by atoms with E-state index in [1.807, 2.05) is 30.0 Å². The van der Waals surface area contributed by atoms with Gasteiger partial charge in [-0.1, -0.05) is 33.6 Å². The first-order valence-corrected chi connectivity index (χ1v) is 11.9. The smallest absolute Gasteiger partial charge is 0.250 e. The van der Waals surface area contributed by atoms with Crippen molar-refractivity contribution in [2.75, 3.05) is 41.9 Å². The number of aryl methyl sites for hydroxylation is 1. The fraction of sp³-hybridized carbons (Fsp3) is 0.238. The molecule has 0 amide bonds. The Balaban J connectivity index is 1.60. The molecule has 3 aromatic rings. The van der Waals surface area contributed by atoms with E-state index in [1.54, 1.807) is 12.1 Å². The molecule has 172 valence electrons. The molecule has 4 rings (SSSR count). The monoisotopic (exact) mass is 595 g/mol. The molecule has 0 radical (unpaired) electrons. The number of ether oxygens (including phenoxy) is 1. The molecule has 1 saturated heterocycles. The molecule has 0 bridgehead atoms. The first-order chi connectivity index (χ1) is 15.9. The van der Waals surface area contributed by atoms with Crippen molar-refractivity contribution >= 4 is 73.2 Å². The van der Waals surface area contributed by atoms with Crippen molar-refractivity contribution in [1.82, 2.24) is 15.0 Å². The SMILES string of the molecule is Cc1ccc(Nc2nc(N/N=C\c3cc(Br)cc(Br)c3O)nc(N3CCOCC3)n2)cc1Cl. The molecule has 0 unspecified atom stereocenters. The fourth-order valence-electron chi connectivity index (χ4n) is 3.02. The third-order valence-corrected chi connectivity index (χ3v) is 6.24. The predicted molar refractivity (Wildman–Crippen MR) is 137 cm³/mol. The van der Waals surface area contributed by atoms with Crippen molar-refractivity contribution in [1.29, 1.82) is 0 Å². The quantitative estimate of drug-likeness (QED) is 0.267. The number of hydrogen-bond donors (Lipinski definition) is 3. The lowest BCUT2D eigenvalue weighted by Crippen LogP contribution is -2.37. The highest BCUT2D eigenvalue weighted by molar-refractivity contribution is 9.11. The van der Waals surface area contributed by atoms with E-state index in [1.165, 1.54) is 6.21 Å². The maximum atomic E-state index is 10.2. The summed E-state index contributed by atoms with van der Waals surface area (Å²) in [5.74, 6) is 1.17. The number of aromatic hydroxyl groups is 1. The molecule has 9 nitrogen and oxygen atoms in total. The van der Waals surface area contributed by atoms with Crippen LogP contribution in [0, 0.1) is 6.92 Å². The van der Waals surface area contributed by atoms with Gasteiger partial charge in [0.15, 0.2) is 0 Å². The number of hydrazone groups is 1. The second-order valence-electron chi connectivity index (χ2n) is 7.17. The van der Waals surface area contributed by atoms with E-state index in [0.29, 0.717) is 53.3 Å². The van der Waals surface area contributed by atoms with Crippen LogP contribution in [0.15, 0.2) is 44.4 Å². The van der Waals surface area contributed by atoms with Crippen LogP contribution in [0.2, 0.25) is 5.02 Å². The number of phenolic OH excluding ortho intramolecular Hbond substituents is 1. The summed E-state index contributed by atoms with van der Waals surface area (Å²) in [4.78, 5) is 15.5. The Bertz CT molecular complexity index is 1190. The summed E-state index contributed by atoms with van der Waals surface area (Å²) >= 11 is 13.0. The number of benzene rings is 2. The van der Waals surface area contributed by atoms with Crippen LogP contribution in [0.25, 0.3) is 0 Å². The lowest BCUT2D eigenvalue weighted by Gasteiger charge is -2.27. The maximum absolute atomic E-state index is 10.2. The number of nitrogens with zero attached hydrogens (tertiary/aromatic N) is 5. The average Bonchev–Trinajstić information content (AvgIpc) is 2.80. The van der Waals surface area contributed by atoms with Crippen LogP contribution in [-0.2, 0) is 4.74 Å². The van der Waals surface area contributed by atoms with E-state index >= 15 is 0 Å². The lowest BCUT2D eigenvalue weighted by atomic mass is 10.2. The molecule has 0 saturated carbocycles. The normalized spacial score (nSPS) is 14.0. The molecule has 1 aliphatic rings. The number of halogens is 3. The van der Waals surface area contributed by atoms with Crippen molar-refractivity contribution in [3.63, 3.8) is 0 Å². The van der Waals surface area contributed by atoms with Gasteiger partial charge in [-0.05, 0) is 52.7 Å². The fourth-order valence-corrected chi connectivity index (χ4v) is 4.46. The minimum atomic E-state index is 0.0759. The Hall–Kier alpha value is -2.47. The van der Waals surface area contributed by atoms with Gasteiger partial charge in [0.25, 0.3) is 0 Å². The van der Waals surface area contributed by atoms with Gasteiger partial charge in [0.1, 0.15) is 5.75 Å². The number of rotatable bonds is 6. The van der Waals surface area contributed by atoms with Crippen LogP contribution < -0.4 is 15.6 Å². The van der Waals surface area contributed by atoms with E-state index in [0.717, 1.165) is 15.7 Å². The molecule has 0 spiro atoms. The van der Waals surface area contributed by atoms with Gasteiger partial charge < -0.3 is 20.1 Å². The van der Waals surface area contributed by atoms with Crippen LogP contribution in [0.5, 0.6) is 5.75 Å². The Morgan fingerprint density at radius 1 is 1.12 bits per heavy atom. The lowest BCUT2D eigenvalue weighted by molar-refractivity contribution is 0.122. The summed E-state index contributed by atoms with van der Waals surface area (Å²) < 4.78 is 6.78. The summed E-state index contributed by atoms with van der Waals surface area (Å²) in [5, 5.41) is 18.2. The van der Waals surface area contributed by atoms with Gasteiger partial charge in [-0.2, -0.15) is 20.1 Å². The molecule has 12 heteroatoms. The molecular weight excluding hydrogens is 578 g/mol. The maximum Gasteiger partial charge on any atom is 0.250 e. The zero-order chi connectivity index (χ0) is 23.4. The largest absolute Gasteiger partial charge is 0.506 e. The Kier molecular flexibility index (Phi) is 7.63. The second-order valence-corrected chi connectivity index (χ2v) is 9.34. The van der Waals surface area contributed by atoms with Gasteiger partial charge >= 0.3 is 0 Å². The Labute approximate surface area is 212 Å². The predicted octanol–water partition coefficient (Wildman–Crippen LogP) is 5.09. The number of aromatic nitrogens is 3. The van der Waals surface area contributed by atoms with Crippen molar-refractivity contribution in [2.24, 2.45) is 5.10 Å². The van der Waals surface area contributed by atoms with Crippen molar-refractivity contribution in [2.45, 2.75) is 6.92 Å². The number of phenols is 1. The highest BCUT2D eigenvalue weighted by atomic mass is 79.9.